The Bertz CT molecular complexity index is 593. The zero-order valence-electron chi connectivity index (χ0n) is 14.3. The first-order valence-electron chi connectivity index (χ1n) is 8.04. The third-order valence-electron chi connectivity index (χ3n) is 3.56. The lowest BCUT2D eigenvalue weighted by Crippen LogP contribution is -2.48. The number of urea groups is 1. The van der Waals surface area contributed by atoms with Gasteiger partial charge in [0.05, 0.1) is 0 Å². The van der Waals surface area contributed by atoms with Crippen LogP contribution in [0.5, 0.6) is 0 Å². The number of nitrogens with one attached hydrogen (secondary N) is 2. The van der Waals surface area contributed by atoms with E-state index in [1.807, 2.05) is 20.8 Å². The maximum atomic E-state index is 12.0. The Morgan fingerprint density at radius 2 is 1.92 bits per heavy atom. The first kappa shape index (κ1) is 18.4. The van der Waals surface area contributed by atoms with E-state index < -0.39 is 5.60 Å². The van der Waals surface area contributed by atoms with Crippen LogP contribution in [0, 0.1) is 0 Å². The molecule has 24 heavy (non-hydrogen) atoms. The number of rotatable bonds is 2. The van der Waals surface area contributed by atoms with Gasteiger partial charge in [0.1, 0.15) is 5.60 Å². The average molecular weight is 354 g/mol. The first-order chi connectivity index (χ1) is 11.2. The van der Waals surface area contributed by atoms with Crippen molar-refractivity contribution in [1.29, 1.82) is 0 Å². The summed E-state index contributed by atoms with van der Waals surface area (Å²) >= 11 is 5.89. The number of benzene rings is 1. The molecule has 1 aromatic rings. The van der Waals surface area contributed by atoms with E-state index in [9.17, 15) is 9.59 Å². The van der Waals surface area contributed by atoms with Crippen LogP contribution in [0.2, 0.25) is 5.02 Å². The molecule has 0 bridgehead atoms. The minimum Gasteiger partial charge on any atom is -0.444 e. The fraction of sp³-hybridized carbons (Fsp3) is 0.529. The number of hydrogen-bond acceptors (Lipinski definition) is 3. The number of nitrogens with zero attached hydrogens (tertiary/aromatic N) is 1. The van der Waals surface area contributed by atoms with E-state index in [1.54, 1.807) is 29.2 Å². The van der Waals surface area contributed by atoms with Crippen molar-refractivity contribution in [2.24, 2.45) is 0 Å². The Hall–Kier alpha value is -1.95. The van der Waals surface area contributed by atoms with Gasteiger partial charge in [-0.3, -0.25) is 0 Å². The summed E-state index contributed by atoms with van der Waals surface area (Å²) in [6.07, 6.45) is 1.09. The SMILES string of the molecule is CC(C)(C)OC(=O)N1CCC(NC(=O)Nc2cccc(Cl)c2)CC1. The molecule has 0 spiro atoms. The van der Waals surface area contributed by atoms with Gasteiger partial charge in [-0.05, 0) is 51.8 Å². The zero-order valence-corrected chi connectivity index (χ0v) is 15.0. The van der Waals surface area contributed by atoms with Crippen molar-refractivity contribution < 1.29 is 14.3 Å². The molecule has 2 rings (SSSR count). The van der Waals surface area contributed by atoms with E-state index in [0.717, 1.165) is 0 Å². The summed E-state index contributed by atoms with van der Waals surface area (Å²) in [6.45, 7) is 6.67. The van der Waals surface area contributed by atoms with Gasteiger partial charge in [-0.25, -0.2) is 9.59 Å². The molecule has 6 nitrogen and oxygen atoms in total. The molecular weight excluding hydrogens is 330 g/mol. The molecule has 0 radical (unpaired) electrons. The average Bonchev–Trinajstić information content (AvgIpc) is 2.46. The Labute approximate surface area is 147 Å². The molecule has 3 amide bonds. The van der Waals surface area contributed by atoms with Gasteiger partial charge in [0, 0.05) is 29.8 Å². The lowest BCUT2D eigenvalue weighted by atomic mass is 10.1. The van der Waals surface area contributed by atoms with Gasteiger partial charge in [0.15, 0.2) is 0 Å². The molecule has 7 heteroatoms. The lowest BCUT2D eigenvalue weighted by Gasteiger charge is -2.33. The van der Waals surface area contributed by atoms with E-state index in [2.05, 4.69) is 10.6 Å². The molecule has 132 valence electrons. The molecule has 0 aliphatic carbocycles. The van der Waals surface area contributed by atoms with E-state index in [-0.39, 0.29) is 18.2 Å². The van der Waals surface area contributed by atoms with Gasteiger partial charge in [0.2, 0.25) is 0 Å². The number of ether oxygens (including phenoxy) is 1. The Morgan fingerprint density at radius 1 is 1.25 bits per heavy atom. The van der Waals surface area contributed by atoms with Crippen molar-refractivity contribution in [1.82, 2.24) is 10.2 Å². The highest BCUT2D eigenvalue weighted by molar-refractivity contribution is 6.30. The number of piperidine rings is 1. The molecule has 0 saturated carbocycles. The van der Waals surface area contributed by atoms with E-state index in [1.165, 1.54) is 0 Å². The molecule has 1 heterocycles. The zero-order chi connectivity index (χ0) is 17.7. The van der Waals surface area contributed by atoms with Gasteiger partial charge in [-0.15, -0.1) is 0 Å². The minimum atomic E-state index is -0.497. The highest BCUT2D eigenvalue weighted by Gasteiger charge is 2.27. The molecule has 0 unspecified atom stereocenters. The van der Waals surface area contributed by atoms with Crippen molar-refractivity contribution >= 4 is 29.4 Å². The largest absolute Gasteiger partial charge is 0.444 e. The quantitative estimate of drug-likeness (QED) is 0.848. The summed E-state index contributed by atoms with van der Waals surface area (Å²) in [6, 6.07) is 6.74. The third-order valence-corrected chi connectivity index (χ3v) is 3.80. The van der Waals surface area contributed by atoms with Crippen molar-refractivity contribution in [2.75, 3.05) is 18.4 Å². The van der Waals surface area contributed by atoms with E-state index in [0.29, 0.717) is 36.6 Å². The van der Waals surface area contributed by atoms with Gasteiger partial charge < -0.3 is 20.3 Å². The highest BCUT2D eigenvalue weighted by atomic mass is 35.5. The topological polar surface area (TPSA) is 70.7 Å². The Balaban J connectivity index is 1.76. The Morgan fingerprint density at radius 3 is 2.50 bits per heavy atom. The van der Waals surface area contributed by atoms with Gasteiger partial charge in [-0.1, -0.05) is 17.7 Å². The predicted octanol–water partition coefficient (Wildman–Crippen LogP) is 3.86. The van der Waals surface area contributed by atoms with Crippen molar-refractivity contribution in [3.05, 3.63) is 29.3 Å². The number of carbonyl (C=O) groups excluding carboxylic acids is 2. The minimum absolute atomic E-state index is 0.0304. The van der Waals surface area contributed by atoms with Crippen LogP contribution >= 0.6 is 11.6 Å². The van der Waals surface area contributed by atoms with Crippen molar-refractivity contribution in [3.8, 4) is 0 Å². The normalized spacial score (nSPS) is 15.8. The smallest absolute Gasteiger partial charge is 0.410 e. The third kappa shape index (κ3) is 5.92. The van der Waals surface area contributed by atoms with E-state index in [4.69, 9.17) is 16.3 Å². The number of anilines is 1. The molecule has 2 N–H and O–H groups in total. The molecule has 0 aromatic heterocycles. The van der Waals surface area contributed by atoms with Gasteiger partial charge >= 0.3 is 12.1 Å². The number of carbonyl (C=O) groups is 2. The standard InChI is InChI=1S/C17H24ClN3O3/c1-17(2,3)24-16(23)21-9-7-13(8-10-21)19-15(22)20-14-6-4-5-12(18)11-14/h4-6,11,13H,7-10H2,1-3H3,(H2,19,20,22). The summed E-state index contributed by atoms with van der Waals surface area (Å²) < 4.78 is 5.36. The second-order valence-corrected chi connectivity index (χ2v) is 7.29. The van der Waals surface area contributed by atoms with Crippen LogP contribution in [0.4, 0.5) is 15.3 Å². The van der Waals surface area contributed by atoms with Crippen LogP contribution < -0.4 is 10.6 Å². The van der Waals surface area contributed by atoms with Crippen LogP contribution in [0.25, 0.3) is 0 Å². The summed E-state index contributed by atoms with van der Waals surface area (Å²) in [5.41, 5.74) is 0.148. The molecule has 1 aromatic carbocycles. The first-order valence-corrected chi connectivity index (χ1v) is 8.42. The van der Waals surface area contributed by atoms with Gasteiger partial charge in [0.25, 0.3) is 0 Å². The summed E-state index contributed by atoms with van der Waals surface area (Å²) in [5, 5.41) is 6.25. The van der Waals surface area contributed by atoms with Crippen molar-refractivity contribution in [2.45, 2.75) is 45.3 Å². The van der Waals surface area contributed by atoms with Crippen LogP contribution in [-0.4, -0.2) is 41.8 Å². The second kappa shape index (κ2) is 7.75. The number of halogens is 1. The van der Waals surface area contributed by atoms with Gasteiger partial charge in [-0.2, -0.15) is 0 Å². The Kier molecular flexibility index (Phi) is 5.94. The molecule has 1 saturated heterocycles. The number of amides is 3. The van der Waals surface area contributed by atoms with Crippen LogP contribution in [0.3, 0.4) is 0 Å². The molecular formula is C17H24ClN3O3. The molecule has 1 aliphatic heterocycles. The van der Waals surface area contributed by atoms with Crippen LogP contribution in [-0.2, 0) is 4.74 Å². The van der Waals surface area contributed by atoms with E-state index >= 15 is 0 Å². The monoisotopic (exact) mass is 353 g/mol. The summed E-state index contributed by atoms with van der Waals surface area (Å²) in [7, 11) is 0. The fourth-order valence-corrected chi connectivity index (χ4v) is 2.64. The number of hydrogen-bond donors (Lipinski definition) is 2. The second-order valence-electron chi connectivity index (χ2n) is 6.85. The van der Waals surface area contributed by atoms with Crippen molar-refractivity contribution in [3.63, 3.8) is 0 Å². The predicted molar refractivity (Wildman–Crippen MR) is 94.4 cm³/mol. The van der Waals surface area contributed by atoms with Crippen LogP contribution in [0.1, 0.15) is 33.6 Å². The lowest BCUT2D eigenvalue weighted by molar-refractivity contribution is 0.0202. The fourth-order valence-electron chi connectivity index (χ4n) is 2.45. The molecule has 1 fully saturated rings. The summed E-state index contributed by atoms with van der Waals surface area (Å²) in [5.74, 6) is 0. The maximum Gasteiger partial charge on any atom is 0.410 e. The van der Waals surface area contributed by atoms with Crippen LogP contribution in [0.15, 0.2) is 24.3 Å². The molecule has 1 aliphatic rings. The number of likely N-dealkylation sites (tertiary alicyclic amines) is 1. The maximum absolute atomic E-state index is 12.0. The summed E-state index contributed by atoms with van der Waals surface area (Å²) in [4.78, 5) is 25.7. The molecule has 0 atom stereocenters. The highest BCUT2D eigenvalue weighted by Crippen LogP contribution is 2.17.